The number of aryl methyl sites for hydroxylation is 2. The first-order valence-electron chi connectivity index (χ1n) is 25.5. The molecule has 2 bridgehead atoms. The molecule has 11 nitrogen and oxygen atoms in total. The van der Waals surface area contributed by atoms with Crippen LogP contribution in [0, 0.1) is 23.2 Å². The fraction of sp³-hybridized carbons (Fsp3) is 0.618. The highest BCUT2D eigenvalue weighted by Gasteiger charge is 2.57. The fourth-order valence-corrected chi connectivity index (χ4v) is 13.6. The predicted molar refractivity (Wildman–Crippen MR) is 263 cm³/mol. The molecule has 1 N–H and O–H groups in total. The van der Waals surface area contributed by atoms with E-state index >= 15 is 0 Å². The summed E-state index contributed by atoms with van der Waals surface area (Å²) in [6.07, 6.45) is 19.4. The molecule has 12 heteroatoms. The Bertz CT molecular complexity index is 2470. The highest BCUT2D eigenvalue weighted by Crippen LogP contribution is 2.63. The van der Waals surface area contributed by atoms with Gasteiger partial charge in [0.1, 0.15) is 0 Å². The van der Waals surface area contributed by atoms with Crippen LogP contribution in [0.15, 0.2) is 36.4 Å². The Morgan fingerprint density at radius 2 is 1.31 bits per heavy atom. The Balaban J connectivity index is 0.767. The van der Waals surface area contributed by atoms with E-state index in [9.17, 15) is 19.5 Å². The number of imidazole rings is 2. The molecule has 0 amide bonds. The van der Waals surface area contributed by atoms with E-state index in [-0.39, 0.29) is 17.0 Å². The normalized spacial score (nSPS) is 22.3. The number of methoxy groups -OCH3 is 1. The molecule has 0 radical (unpaired) electrons. The number of carboxylic acid groups (broad SMARTS) is 1. The van der Waals surface area contributed by atoms with Gasteiger partial charge in [-0.05, 0) is 130 Å². The number of Topliss-reactive ketones (excluding diaryl/α,β-unsaturated/α-hetero) is 2. The van der Waals surface area contributed by atoms with Gasteiger partial charge in [-0.3, -0.25) is 24.2 Å². The van der Waals surface area contributed by atoms with Crippen molar-refractivity contribution in [3.63, 3.8) is 0 Å². The maximum Gasteiger partial charge on any atom is 0.309 e. The van der Waals surface area contributed by atoms with Crippen LogP contribution in [0.5, 0.6) is 0 Å². The van der Waals surface area contributed by atoms with Gasteiger partial charge in [0.05, 0.1) is 28.4 Å². The summed E-state index contributed by atoms with van der Waals surface area (Å²) < 4.78 is 9.65. The third kappa shape index (κ3) is 9.86. The average molecular weight is 934 g/mol. The molecule has 2 aliphatic heterocycles. The SMILES string of the molecule is COCC1(CCCCCN2CCc3c(nc(C(=O)CCc4cccc(-c5cccc(CCC(=O)c6nc7c(n6C)CCN(CCC68CCC(C(=O)O)(CC6)C8)C7)c5Cl)c4C)n3C)C2)CCCC1. The monoisotopic (exact) mass is 933 g/mol. The van der Waals surface area contributed by atoms with Crippen molar-refractivity contribution in [2.75, 3.05) is 39.9 Å². The van der Waals surface area contributed by atoms with Crippen molar-refractivity contribution >= 4 is 29.1 Å². The van der Waals surface area contributed by atoms with Crippen molar-refractivity contribution in [1.82, 2.24) is 28.9 Å². The molecular weight excluding hydrogens is 860 g/mol. The lowest BCUT2D eigenvalue weighted by Gasteiger charge is -2.32. The van der Waals surface area contributed by atoms with Gasteiger partial charge in [0, 0.05) is 90.0 Å². The maximum absolute atomic E-state index is 13.8. The number of carbonyl (C=O) groups is 3. The van der Waals surface area contributed by atoms with E-state index in [0.29, 0.717) is 47.8 Å². The van der Waals surface area contributed by atoms with Crippen LogP contribution >= 0.6 is 11.6 Å². The number of halogens is 1. The summed E-state index contributed by atoms with van der Waals surface area (Å²) in [5, 5.41) is 10.5. The lowest BCUT2D eigenvalue weighted by atomic mass is 9.80. The second-order valence-electron chi connectivity index (χ2n) is 21.5. The summed E-state index contributed by atoms with van der Waals surface area (Å²) in [6, 6.07) is 12.3. The second kappa shape index (κ2) is 20.1. The largest absolute Gasteiger partial charge is 0.481 e. The Morgan fingerprint density at radius 3 is 1.91 bits per heavy atom. The van der Waals surface area contributed by atoms with Crippen LogP contribution in [-0.4, -0.2) is 91.4 Å². The summed E-state index contributed by atoms with van der Waals surface area (Å²) in [5.74, 6) is 0.552. The van der Waals surface area contributed by atoms with E-state index in [2.05, 4.69) is 28.9 Å². The molecule has 5 aliphatic rings. The van der Waals surface area contributed by atoms with Crippen LogP contribution in [0.3, 0.4) is 0 Å². The molecule has 4 aromatic rings. The van der Waals surface area contributed by atoms with Gasteiger partial charge in [0.2, 0.25) is 0 Å². The highest BCUT2D eigenvalue weighted by atomic mass is 35.5. The van der Waals surface area contributed by atoms with Crippen LogP contribution in [0.1, 0.15) is 163 Å². The number of aliphatic carboxylic acids is 1. The number of fused-ring (bicyclic) bond motifs is 4. The Morgan fingerprint density at radius 1 is 0.731 bits per heavy atom. The summed E-state index contributed by atoms with van der Waals surface area (Å²) in [7, 11) is 5.81. The molecule has 67 heavy (non-hydrogen) atoms. The van der Waals surface area contributed by atoms with Gasteiger partial charge >= 0.3 is 5.97 Å². The first-order chi connectivity index (χ1) is 32.3. The van der Waals surface area contributed by atoms with Gasteiger partial charge in [-0.25, -0.2) is 9.97 Å². The van der Waals surface area contributed by atoms with E-state index in [1.807, 2.05) is 54.6 Å². The summed E-state index contributed by atoms with van der Waals surface area (Å²) in [5.41, 5.74) is 9.56. The number of ketones is 2. The standard InChI is InChI=1S/C55H73ClN6O5/c1-38-39(16-18-47(63)50-57-43-34-61(31-20-45(43)59(50)2)30-9-5-6-22-54(37-67-4)23-7-8-24-54)12-10-14-41(38)42-15-11-13-40(49(42)56)17-19-48(64)51-58-44-35-62(32-21-46(44)60(51)3)33-29-53-25-27-55(36-53,28-26-53)52(65)66/h10-15H,5-9,16-37H2,1-4H3,(H,65,66). The van der Waals surface area contributed by atoms with Crippen molar-refractivity contribution in [1.29, 1.82) is 0 Å². The Labute approximate surface area is 403 Å². The number of aromatic nitrogens is 4. The number of hydrogen-bond acceptors (Lipinski definition) is 8. The molecule has 3 fully saturated rings. The Kier molecular flexibility index (Phi) is 14.3. The molecule has 0 saturated heterocycles. The maximum atomic E-state index is 13.8. The number of rotatable bonds is 21. The smallest absolute Gasteiger partial charge is 0.309 e. The summed E-state index contributed by atoms with van der Waals surface area (Å²) in [4.78, 5) is 54.4. The van der Waals surface area contributed by atoms with Gasteiger partial charge in [-0.1, -0.05) is 73.7 Å². The van der Waals surface area contributed by atoms with Crippen molar-refractivity contribution < 1.29 is 24.2 Å². The quantitative estimate of drug-likeness (QED) is 0.0643. The summed E-state index contributed by atoms with van der Waals surface area (Å²) in [6.45, 7) is 8.49. The van der Waals surface area contributed by atoms with E-state index in [4.69, 9.17) is 26.3 Å². The number of unbranched alkanes of at least 4 members (excludes halogenated alkanes) is 2. The number of carboxylic acids is 1. The molecule has 0 atom stereocenters. The number of nitrogens with zero attached hydrogens (tertiary/aromatic N) is 6. The van der Waals surface area contributed by atoms with Crippen LogP contribution in [0.25, 0.3) is 11.1 Å². The average Bonchev–Trinajstić information content (AvgIpc) is 4.17. The zero-order valence-electron chi connectivity index (χ0n) is 40.7. The van der Waals surface area contributed by atoms with Crippen molar-refractivity contribution in [3.05, 3.63) is 92.5 Å². The molecule has 3 aliphatic carbocycles. The minimum Gasteiger partial charge on any atom is -0.481 e. The molecule has 2 aromatic heterocycles. The molecule has 4 heterocycles. The number of hydrogen-bond donors (Lipinski definition) is 1. The van der Waals surface area contributed by atoms with Gasteiger partial charge in [0.25, 0.3) is 0 Å². The number of benzene rings is 2. The lowest BCUT2D eigenvalue weighted by molar-refractivity contribution is -0.148. The zero-order valence-corrected chi connectivity index (χ0v) is 41.5. The van der Waals surface area contributed by atoms with Crippen molar-refractivity contribution in [3.8, 4) is 11.1 Å². The first kappa shape index (κ1) is 47.9. The Hall–Kier alpha value is -4.16. The topological polar surface area (TPSA) is 123 Å². The van der Waals surface area contributed by atoms with Gasteiger partial charge in [-0.2, -0.15) is 0 Å². The van der Waals surface area contributed by atoms with Gasteiger partial charge < -0.3 is 19.0 Å². The molecule has 2 aromatic carbocycles. The number of carbonyl (C=O) groups excluding carboxylic acids is 2. The molecule has 0 spiro atoms. The summed E-state index contributed by atoms with van der Waals surface area (Å²) >= 11 is 7.18. The minimum atomic E-state index is -0.606. The van der Waals surface area contributed by atoms with Crippen LogP contribution in [-0.2, 0) is 62.4 Å². The predicted octanol–water partition coefficient (Wildman–Crippen LogP) is 10.3. The van der Waals surface area contributed by atoms with E-state index in [1.54, 1.807) is 0 Å². The molecule has 0 unspecified atom stereocenters. The van der Waals surface area contributed by atoms with E-state index in [0.717, 1.165) is 142 Å². The van der Waals surface area contributed by atoms with Gasteiger partial charge in [0.15, 0.2) is 23.2 Å². The molecule has 360 valence electrons. The minimum absolute atomic E-state index is 0.0104. The van der Waals surface area contributed by atoms with Gasteiger partial charge in [-0.15, -0.1) is 0 Å². The third-order valence-corrected chi connectivity index (χ3v) is 17.9. The number of ether oxygens (including phenoxy) is 1. The molecular formula is C55H73ClN6O5. The molecule has 3 saturated carbocycles. The lowest BCUT2D eigenvalue weighted by Crippen LogP contribution is -2.34. The second-order valence-corrected chi connectivity index (χ2v) is 21.9. The third-order valence-electron chi connectivity index (χ3n) is 17.4. The fourth-order valence-electron chi connectivity index (χ4n) is 13.3. The van der Waals surface area contributed by atoms with Crippen molar-refractivity contribution in [2.45, 2.75) is 148 Å². The van der Waals surface area contributed by atoms with Crippen LogP contribution in [0.4, 0.5) is 0 Å². The van der Waals surface area contributed by atoms with Crippen LogP contribution in [0.2, 0.25) is 5.02 Å². The van der Waals surface area contributed by atoms with E-state index in [1.165, 1.54) is 57.1 Å². The van der Waals surface area contributed by atoms with Crippen LogP contribution < -0.4 is 0 Å². The molecule has 9 rings (SSSR count). The zero-order chi connectivity index (χ0) is 46.9. The van der Waals surface area contributed by atoms with Crippen molar-refractivity contribution in [2.24, 2.45) is 30.3 Å². The van der Waals surface area contributed by atoms with E-state index < -0.39 is 11.4 Å². The highest BCUT2D eigenvalue weighted by molar-refractivity contribution is 6.34. The first-order valence-corrected chi connectivity index (χ1v) is 25.9.